The molecule has 0 fully saturated rings. The number of hydrogen-bond acceptors (Lipinski definition) is 3. The highest BCUT2D eigenvalue weighted by molar-refractivity contribution is 6.13. The van der Waals surface area contributed by atoms with Crippen molar-refractivity contribution < 1.29 is 22.4 Å². The second-order valence-corrected chi connectivity index (χ2v) is 7.50. The van der Waals surface area contributed by atoms with E-state index in [1.807, 2.05) is 0 Å². The second-order valence-electron chi connectivity index (χ2n) is 7.50. The molecule has 4 rings (SSSR count). The molecule has 1 amide bonds. The lowest BCUT2D eigenvalue weighted by Gasteiger charge is -2.39. The normalized spacial score (nSPS) is 14.0. The average molecular weight is 445 g/mol. The van der Waals surface area contributed by atoms with Gasteiger partial charge in [-0.3, -0.25) is 14.5 Å². The Morgan fingerprint density at radius 2 is 1.62 bits per heavy atom. The molecule has 5 nitrogen and oxygen atoms in total. The summed E-state index contributed by atoms with van der Waals surface area (Å²) < 4.78 is 53.8. The average Bonchev–Trinajstić information content (AvgIpc) is 2.74. The molecule has 0 radical (unpaired) electrons. The van der Waals surface area contributed by atoms with Crippen LogP contribution in [0.4, 0.5) is 34.6 Å². The van der Waals surface area contributed by atoms with E-state index in [1.165, 1.54) is 41.3 Å². The molecule has 3 aromatic rings. The standard InChI is InChI=1S/C23H19F4N3O2/c1-3-17-20(8-9-21(31)28-17)30-12-29(18-7-5-15(24)10-13(18)2)19-6-4-14(23(25,26)27)11-16(19)22(30)32/h4-11H,3,12H2,1-2H3,(H,28,31). The Morgan fingerprint density at radius 3 is 2.28 bits per heavy atom. The Bertz CT molecular complexity index is 1270. The Morgan fingerprint density at radius 1 is 0.938 bits per heavy atom. The highest BCUT2D eigenvalue weighted by atomic mass is 19.4. The molecule has 2 aromatic carbocycles. The molecule has 166 valence electrons. The molecule has 2 heterocycles. The van der Waals surface area contributed by atoms with Crippen molar-refractivity contribution in [3.8, 4) is 0 Å². The van der Waals surface area contributed by atoms with Gasteiger partial charge in [-0.2, -0.15) is 13.2 Å². The van der Waals surface area contributed by atoms with Gasteiger partial charge in [0.1, 0.15) is 12.5 Å². The zero-order valence-corrected chi connectivity index (χ0v) is 17.3. The molecule has 0 aliphatic carbocycles. The van der Waals surface area contributed by atoms with Crippen molar-refractivity contribution in [3.63, 3.8) is 0 Å². The van der Waals surface area contributed by atoms with E-state index in [0.717, 1.165) is 12.1 Å². The number of fused-ring (bicyclic) bond motifs is 1. The third kappa shape index (κ3) is 3.74. The SMILES string of the molecule is CCc1[nH]c(=O)ccc1N1CN(c2ccc(F)cc2C)c2ccc(C(F)(F)F)cc2C1=O. The van der Waals surface area contributed by atoms with Crippen molar-refractivity contribution in [2.24, 2.45) is 0 Å². The number of amides is 1. The van der Waals surface area contributed by atoms with Crippen molar-refractivity contribution >= 4 is 23.0 Å². The van der Waals surface area contributed by atoms with E-state index in [1.54, 1.807) is 18.7 Å². The molecule has 1 N–H and O–H groups in total. The summed E-state index contributed by atoms with van der Waals surface area (Å²) in [6.45, 7) is 3.45. The first kappa shape index (κ1) is 21.6. The number of carbonyl (C=O) groups is 1. The number of carbonyl (C=O) groups excluding carboxylic acids is 1. The van der Waals surface area contributed by atoms with Crippen molar-refractivity contribution in [1.82, 2.24) is 4.98 Å². The minimum atomic E-state index is -4.62. The van der Waals surface area contributed by atoms with E-state index in [4.69, 9.17) is 0 Å². The van der Waals surface area contributed by atoms with Crippen LogP contribution in [-0.4, -0.2) is 17.6 Å². The zero-order valence-electron chi connectivity index (χ0n) is 17.3. The summed E-state index contributed by atoms with van der Waals surface area (Å²) in [5, 5.41) is 0. The monoisotopic (exact) mass is 445 g/mol. The Labute approximate surface area is 180 Å². The van der Waals surface area contributed by atoms with Crippen molar-refractivity contribution in [2.45, 2.75) is 26.4 Å². The quantitative estimate of drug-likeness (QED) is 0.567. The number of halogens is 4. The molecule has 0 saturated carbocycles. The van der Waals surface area contributed by atoms with Gasteiger partial charge < -0.3 is 9.88 Å². The first-order chi connectivity index (χ1) is 15.1. The van der Waals surface area contributed by atoms with Crippen LogP contribution in [-0.2, 0) is 12.6 Å². The van der Waals surface area contributed by atoms with Crippen LogP contribution in [0.1, 0.15) is 34.1 Å². The van der Waals surface area contributed by atoms with Gasteiger partial charge in [0.15, 0.2) is 0 Å². The van der Waals surface area contributed by atoms with Crippen molar-refractivity contribution in [2.75, 3.05) is 16.5 Å². The summed E-state index contributed by atoms with van der Waals surface area (Å²) in [7, 11) is 0. The number of nitrogens with zero attached hydrogens (tertiary/aromatic N) is 2. The lowest BCUT2D eigenvalue weighted by atomic mass is 10.0. The van der Waals surface area contributed by atoms with Gasteiger partial charge >= 0.3 is 6.18 Å². The molecule has 0 saturated heterocycles. The topological polar surface area (TPSA) is 56.4 Å². The fourth-order valence-corrected chi connectivity index (χ4v) is 3.89. The molecule has 32 heavy (non-hydrogen) atoms. The molecule has 0 bridgehead atoms. The third-order valence-electron chi connectivity index (χ3n) is 5.44. The van der Waals surface area contributed by atoms with Crippen molar-refractivity contribution in [1.29, 1.82) is 0 Å². The summed E-state index contributed by atoms with van der Waals surface area (Å²) in [5.41, 5.74) is 0.844. The molecule has 1 aliphatic heterocycles. The van der Waals surface area contributed by atoms with Crippen LogP contribution in [0.5, 0.6) is 0 Å². The predicted octanol–water partition coefficient (Wildman–Crippen LogP) is 5.16. The number of aryl methyl sites for hydroxylation is 2. The molecule has 9 heteroatoms. The number of H-pyrrole nitrogens is 1. The van der Waals surface area contributed by atoms with E-state index in [2.05, 4.69) is 4.98 Å². The van der Waals surface area contributed by atoms with Crippen LogP contribution < -0.4 is 15.4 Å². The highest BCUT2D eigenvalue weighted by Gasteiger charge is 2.37. The van der Waals surface area contributed by atoms with Crippen LogP contribution in [0, 0.1) is 12.7 Å². The van der Waals surface area contributed by atoms with Crippen LogP contribution in [0.3, 0.4) is 0 Å². The maximum Gasteiger partial charge on any atom is 0.416 e. The van der Waals surface area contributed by atoms with Gasteiger partial charge in [-0.15, -0.1) is 0 Å². The number of benzene rings is 2. The number of alkyl halides is 3. The fourth-order valence-electron chi connectivity index (χ4n) is 3.89. The van der Waals surface area contributed by atoms with Crippen LogP contribution in [0.15, 0.2) is 53.3 Å². The number of nitrogens with one attached hydrogen (secondary N) is 1. The Kier molecular flexibility index (Phi) is 5.28. The molecule has 1 aliphatic rings. The van der Waals surface area contributed by atoms with E-state index >= 15 is 0 Å². The summed E-state index contributed by atoms with van der Waals surface area (Å²) in [6, 6.07) is 9.83. The summed E-state index contributed by atoms with van der Waals surface area (Å²) >= 11 is 0. The van der Waals surface area contributed by atoms with E-state index in [9.17, 15) is 27.2 Å². The van der Waals surface area contributed by atoms with Crippen LogP contribution in [0.25, 0.3) is 0 Å². The molecule has 0 spiro atoms. The first-order valence-electron chi connectivity index (χ1n) is 9.89. The molecular weight excluding hydrogens is 426 g/mol. The first-order valence-corrected chi connectivity index (χ1v) is 9.89. The number of pyridine rings is 1. The minimum absolute atomic E-state index is 0.0251. The maximum atomic E-state index is 13.7. The van der Waals surface area contributed by atoms with E-state index in [-0.39, 0.29) is 23.5 Å². The maximum absolute atomic E-state index is 13.7. The van der Waals surface area contributed by atoms with Crippen LogP contribution in [0.2, 0.25) is 0 Å². The number of hydrogen-bond donors (Lipinski definition) is 1. The smallest absolute Gasteiger partial charge is 0.324 e. The van der Waals surface area contributed by atoms with Gasteiger partial charge in [0.25, 0.3) is 5.91 Å². The van der Waals surface area contributed by atoms with Gasteiger partial charge in [0.2, 0.25) is 5.56 Å². The minimum Gasteiger partial charge on any atom is -0.324 e. The molecule has 0 atom stereocenters. The number of rotatable bonds is 3. The lowest BCUT2D eigenvalue weighted by molar-refractivity contribution is -0.137. The number of anilines is 3. The second kappa shape index (κ2) is 7.81. The van der Waals surface area contributed by atoms with Crippen molar-refractivity contribution in [3.05, 3.63) is 87.1 Å². The lowest BCUT2D eigenvalue weighted by Crippen LogP contribution is -2.46. The number of aromatic nitrogens is 1. The highest BCUT2D eigenvalue weighted by Crippen LogP contribution is 2.40. The van der Waals surface area contributed by atoms with Gasteiger partial charge in [0, 0.05) is 17.4 Å². The molecular formula is C23H19F4N3O2. The van der Waals surface area contributed by atoms with Gasteiger partial charge in [0.05, 0.1) is 22.5 Å². The summed E-state index contributed by atoms with van der Waals surface area (Å²) in [5.74, 6) is -1.07. The summed E-state index contributed by atoms with van der Waals surface area (Å²) in [4.78, 5) is 30.8. The molecule has 0 unspecified atom stereocenters. The van der Waals surface area contributed by atoms with E-state index in [0.29, 0.717) is 29.1 Å². The van der Waals surface area contributed by atoms with E-state index < -0.39 is 23.5 Å². The zero-order chi connectivity index (χ0) is 23.2. The van der Waals surface area contributed by atoms with Crippen LogP contribution >= 0.6 is 0 Å². The Balaban J connectivity index is 1.93. The largest absolute Gasteiger partial charge is 0.416 e. The fraction of sp³-hybridized carbons (Fsp3) is 0.217. The van der Waals surface area contributed by atoms with Gasteiger partial charge in [-0.05, 0) is 61.4 Å². The predicted molar refractivity (Wildman–Crippen MR) is 113 cm³/mol. The molecule has 1 aromatic heterocycles. The Hall–Kier alpha value is -3.62. The van der Waals surface area contributed by atoms with Gasteiger partial charge in [-0.25, -0.2) is 4.39 Å². The third-order valence-corrected chi connectivity index (χ3v) is 5.44. The van der Waals surface area contributed by atoms with Gasteiger partial charge in [-0.1, -0.05) is 6.92 Å². The number of aromatic amines is 1. The summed E-state index contributed by atoms with van der Waals surface area (Å²) in [6.07, 6.45) is -4.22.